The minimum Gasteiger partial charge on any atom is -0.495 e. The smallest absolute Gasteiger partial charge is 0.425 e. The molecule has 5 nitrogen and oxygen atoms in total. The van der Waals surface area contributed by atoms with Gasteiger partial charge in [0.25, 0.3) is 0 Å². The van der Waals surface area contributed by atoms with Crippen LogP contribution in [0.4, 0.5) is 10.5 Å². The number of methoxy groups -OCH3 is 1. The van der Waals surface area contributed by atoms with Gasteiger partial charge < -0.3 is 9.47 Å². The average molecular weight is 210 g/mol. The predicted molar refractivity (Wildman–Crippen MR) is 56.8 cm³/mol. The van der Waals surface area contributed by atoms with E-state index in [0.29, 0.717) is 18.0 Å². The number of rotatable bonds is 4. The fourth-order valence-electron chi connectivity index (χ4n) is 1.03. The van der Waals surface area contributed by atoms with Gasteiger partial charge in [0.05, 0.1) is 19.4 Å². The number of hydrazine groups is 1. The van der Waals surface area contributed by atoms with Crippen LogP contribution in [-0.2, 0) is 4.74 Å². The van der Waals surface area contributed by atoms with Crippen molar-refractivity contribution in [3.63, 3.8) is 0 Å². The third-order valence-corrected chi connectivity index (χ3v) is 1.68. The minimum absolute atomic E-state index is 0.333. The quantitative estimate of drug-likeness (QED) is 0.743. The van der Waals surface area contributed by atoms with Crippen molar-refractivity contribution in [2.24, 2.45) is 0 Å². The first-order valence-corrected chi connectivity index (χ1v) is 4.59. The summed E-state index contributed by atoms with van der Waals surface area (Å²) in [7, 11) is 1.56. The maximum absolute atomic E-state index is 11.0. The van der Waals surface area contributed by atoms with E-state index in [9.17, 15) is 4.79 Å². The van der Waals surface area contributed by atoms with Gasteiger partial charge in [-0.2, -0.15) is 0 Å². The largest absolute Gasteiger partial charge is 0.495 e. The van der Waals surface area contributed by atoms with E-state index in [1.807, 2.05) is 12.1 Å². The molecule has 1 rings (SSSR count). The Kier molecular flexibility index (Phi) is 4.28. The third kappa shape index (κ3) is 3.38. The molecule has 5 heteroatoms. The number of carbonyl (C=O) groups excluding carboxylic acids is 1. The van der Waals surface area contributed by atoms with Gasteiger partial charge in [-0.15, -0.1) is 0 Å². The zero-order valence-corrected chi connectivity index (χ0v) is 8.74. The highest BCUT2D eigenvalue weighted by Gasteiger charge is 2.02. The monoisotopic (exact) mass is 210 g/mol. The molecule has 0 unspecified atom stereocenters. The standard InChI is InChI=1S/C10H14N2O3/c1-3-15-10(13)12-11-8-6-4-5-7-9(8)14-2/h4-7,11H,3H2,1-2H3,(H,12,13). The summed E-state index contributed by atoms with van der Waals surface area (Å²) in [5.41, 5.74) is 5.76. The summed E-state index contributed by atoms with van der Waals surface area (Å²) < 4.78 is 9.77. The van der Waals surface area contributed by atoms with Crippen LogP contribution in [0.2, 0.25) is 0 Å². The highest BCUT2D eigenvalue weighted by Crippen LogP contribution is 2.21. The van der Waals surface area contributed by atoms with Crippen molar-refractivity contribution in [1.82, 2.24) is 5.43 Å². The van der Waals surface area contributed by atoms with E-state index < -0.39 is 6.09 Å². The highest BCUT2D eigenvalue weighted by atomic mass is 16.5. The van der Waals surface area contributed by atoms with Crippen LogP contribution < -0.4 is 15.6 Å². The second-order valence-electron chi connectivity index (χ2n) is 2.67. The van der Waals surface area contributed by atoms with E-state index >= 15 is 0 Å². The molecule has 0 aromatic heterocycles. The molecule has 0 atom stereocenters. The van der Waals surface area contributed by atoms with E-state index in [-0.39, 0.29) is 0 Å². The summed E-state index contributed by atoms with van der Waals surface area (Å²) in [4.78, 5) is 11.0. The van der Waals surface area contributed by atoms with Crippen molar-refractivity contribution in [2.75, 3.05) is 19.1 Å². The lowest BCUT2D eigenvalue weighted by molar-refractivity contribution is 0.154. The summed E-state index contributed by atoms with van der Waals surface area (Å²) in [5.74, 6) is 0.647. The Labute approximate surface area is 88.3 Å². The molecular weight excluding hydrogens is 196 g/mol. The molecular formula is C10H14N2O3. The zero-order valence-electron chi connectivity index (χ0n) is 8.74. The second kappa shape index (κ2) is 5.74. The molecule has 0 bridgehead atoms. The fraction of sp³-hybridized carbons (Fsp3) is 0.300. The molecule has 0 aliphatic carbocycles. The van der Waals surface area contributed by atoms with E-state index in [4.69, 9.17) is 4.74 Å². The first-order chi connectivity index (χ1) is 7.27. The van der Waals surface area contributed by atoms with Crippen LogP contribution in [0.5, 0.6) is 5.75 Å². The minimum atomic E-state index is -0.525. The lowest BCUT2D eigenvalue weighted by atomic mass is 10.3. The number of benzene rings is 1. The summed E-state index contributed by atoms with van der Waals surface area (Å²) >= 11 is 0. The Bertz CT molecular complexity index is 328. The number of hydrogen-bond acceptors (Lipinski definition) is 4. The van der Waals surface area contributed by atoms with Gasteiger partial charge in [-0.3, -0.25) is 5.43 Å². The topological polar surface area (TPSA) is 59.6 Å². The SMILES string of the molecule is CCOC(=O)NNc1ccccc1OC. The van der Waals surface area contributed by atoms with E-state index in [0.717, 1.165) is 0 Å². The highest BCUT2D eigenvalue weighted by molar-refractivity contribution is 5.70. The summed E-state index contributed by atoms with van der Waals surface area (Å²) in [6, 6.07) is 7.24. The number of amides is 1. The van der Waals surface area contributed by atoms with E-state index in [2.05, 4.69) is 15.6 Å². The molecule has 0 heterocycles. The first kappa shape index (κ1) is 11.2. The van der Waals surface area contributed by atoms with Gasteiger partial charge in [-0.25, -0.2) is 10.2 Å². The van der Waals surface area contributed by atoms with Crippen molar-refractivity contribution in [2.45, 2.75) is 6.92 Å². The summed E-state index contributed by atoms with van der Waals surface area (Å²) in [5, 5.41) is 0. The van der Waals surface area contributed by atoms with E-state index in [1.54, 1.807) is 26.2 Å². The lowest BCUT2D eigenvalue weighted by Gasteiger charge is -2.11. The number of nitrogens with one attached hydrogen (secondary N) is 2. The normalized spacial score (nSPS) is 9.20. The molecule has 0 spiro atoms. The van der Waals surface area contributed by atoms with Gasteiger partial charge in [0.2, 0.25) is 0 Å². The fourth-order valence-corrected chi connectivity index (χ4v) is 1.03. The van der Waals surface area contributed by atoms with Crippen LogP contribution in [0, 0.1) is 0 Å². The molecule has 1 amide bonds. The Morgan fingerprint density at radius 1 is 1.40 bits per heavy atom. The van der Waals surface area contributed by atoms with Crippen LogP contribution in [0.15, 0.2) is 24.3 Å². The molecule has 0 saturated carbocycles. The van der Waals surface area contributed by atoms with Gasteiger partial charge in [-0.05, 0) is 19.1 Å². The van der Waals surface area contributed by atoms with Crippen molar-refractivity contribution >= 4 is 11.8 Å². The Morgan fingerprint density at radius 2 is 2.13 bits per heavy atom. The Balaban J connectivity index is 2.53. The zero-order chi connectivity index (χ0) is 11.1. The summed E-state index contributed by atoms with van der Waals surface area (Å²) in [6.45, 7) is 2.07. The molecule has 0 saturated heterocycles. The van der Waals surface area contributed by atoms with Gasteiger partial charge in [0.1, 0.15) is 5.75 Å². The van der Waals surface area contributed by atoms with Crippen LogP contribution in [0.3, 0.4) is 0 Å². The van der Waals surface area contributed by atoms with Crippen molar-refractivity contribution in [3.8, 4) is 5.75 Å². The van der Waals surface area contributed by atoms with Crippen LogP contribution in [-0.4, -0.2) is 19.8 Å². The second-order valence-corrected chi connectivity index (χ2v) is 2.67. The number of carbonyl (C=O) groups is 1. The van der Waals surface area contributed by atoms with Crippen LogP contribution in [0.1, 0.15) is 6.92 Å². The number of para-hydroxylation sites is 2. The maximum atomic E-state index is 11.0. The molecule has 1 aromatic carbocycles. The number of ether oxygens (including phenoxy) is 2. The average Bonchev–Trinajstić information content (AvgIpc) is 2.27. The van der Waals surface area contributed by atoms with Crippen LogP contribution >= 0.6 is 0 Å². The molecule has 0 aliphatic rings. The Hall–Kier alpha value is -1.91. The lowest BCUT2D eigenvalue weighted by Crippen LogP contribution is -2.30. The van der Waals surface area contributed by atoms with Crippen molar-refractivity contribution < 1.29 is 14.3 Å². The number of anilines is 1. The maximum Gasteiger partial charge on any atom is 0.425 e. The molecule has 2 N–H and O–H groups in total. The van der Waals surface area contributed by atoms with E-state index in [1.165, 1.54) is 0 Å². The molecule has 0 fully saturated rings. The number of hydrogen-bond donors (Lipinski definition) is 2. The summed E-state index contributed by atoms with van der Waals surface area (Å²) in [6.07, 6.45) is -0.525. The molecule has 82 valence electrons. The Morgan fingerprint density at radius 3 is 2.80 bits per heavy atom. The predicted octanol–water partition coefficient (Wildman–Crippen LogP) is 1.77. The van der Waals surface area contributed by atoms with Crippen molar-refractivity contribution in [1.29, 1.82) is 0 Å². The molecule has 1 aromatic rings. The molecule has 15 heavy (non-hydrogen) atoms. The van der Waals surface area contributed by atoms with Gasteiger partial charge in [0.15, 0.2) is 0 Å². The van der Waals surface area contributed by atoms with Crippen LogP contribution in [0.25, 0.3) is 0 Å². The molecule has 0 aliphatic heterocycles. The molecule has 0 radical (unpaired) electrons. The first-order valence-electron chi connectivity index (χ1n) is 4.59. The van der Waals surface area contributed by atoms with Gasteiger partial charge in [0, 0.05) is 0 Å². The third-order valence-electron chi connectivity index (χ3n) is 1.68. The van der Waals surface area contributed by atoms with Gasteiger partial charge >= 0.3 is 6.09 Å². The van der Waals surface area contributed by atoms with Crippen molar-refractivity contribution in [3.05, 3.63) is 24.3 Å². The van der Waals surface area contributed by atoms with Gasteiger partial charge in [-0.1, -0.05) is 12.1 Å².